The van der Waals surface area contributed by atoms with Gasteiger partial charge in [-0.15, -0.1) is 0 Å². The van der Waals surface area contributed by atoms with Crippen molar-refractivity contribution in [2.45, 2.75) is 6.18 Å². The van der Waals surface area contributed by atoms with Crippen LogP contribution in [0, 0.1) is 0 Å². The lowest BCUT2D eigenvalue weighted by molar-refractivity contribution is -0.143. The standard InChI is InChI=1S/C20H16F3NO5/c1-28-16-8-3-2-7-15(16)19(27)24-17(25)12-29-18(26)10-9-13-5-4-6-14(11-13)20(21,22)23/h2-11H,12H2,1H3,(H,24,25,27). The largest absolute Gasteiger partial charge is 0.496 e. The third-order valence-electron chi connectivity index (χ3n) is 3.58. The summed E-state index contributed by atoms with van der Waals surface area (Å²) in [5, 5.41) is 2.04. The number of amides is 2. The third kappa shape index (κ3) is 6.49. The predicted octanol–water partition coefficient (Wildman–Crippen LogP) is 3.23. The van der Waals surface area contributed by atoms with Crippen molar-refractivity contribution in [3.05, 3.63) is 71.3 Å². The Bertz CT molecular complexity index is 938. The van der Waals surface area contributed by atoms with Gasteiger partial charge in [0, 0.05) is 6.08 Å². The zero-order valence-electron chi connectivity index (χ0n) is 15.2. The molecule has 152 valence electrons. The first-order valence-corrected chi connectivity index (χ1v) is 8.20. The van der Waals surface area contributed by atoms with E-state index in [-0.39, 0.29) is 16.9 Å². The molecule has 0 aliphatic carbocycles. The number of carbonyl (C=O) groups is 3. The van der Waals surface area contributed by atoms with E-state index in [9.17, 15) is 27.6 Å². The van der Waals surface area contributed by atoms with Gasteiger partial charge in [-0.2, -0.15) is 13.2 Å². The minimum absolute atomic E-state index is 0.124. The fraction of sp³-hybridized carbons (Fsp3) is 0.150. The minimum atomic E-state index is -4.50. The summed E-state index contributed by atoms with van der Waals surface area (Å²) in [7, 11) is 1.37. The number of ether oxygens (including phenoxy) is 2. The van der Waals surface area contributed by atoms with Gasteiger partial charge in [0.2, 0.25) is 0 Å². The molecule has 2 rings (SSSR count). The average Bonchev–Trinajstić information content (AvgIpc) is 2.70. The summed E-state index contributed by atoms with van der Waals surface area (Å²) in [4.78, 5) is 35.4. The van der Waals surface area contributed by atoms with E-state index in [0.717, 1.165) is 24.3 Å². The van der Waals surface area contributed by atoms with Crippen molar-refractivity contribution in [2.75, 3.05) is 13.7 Å². The van der Waals surface area contributed by atoms with Gasteiger partial charge in [-0.25, -0.2) is 4.79 Å². The fourth-order valence-corrected chi connectivity index (χ4v) is 2.23. The Morgan fingerprint density at radius 1 is 1.07 bits per heavy atom. The number of rotatable bonds is 6. The number of alkyl halides is 3. The summed E-state index contributed by atoms with van der Waals surface area (Å²) in [5.74, 6) is -2.30. The van der Waals surface area contributed by atoms with Gasteiger partial charge in [0.1, 0.15) is 5.75 Å². The molecule has 0 bridgehead atoms. The molecule has 0 aliphatic rings. The van der Waals surface area contributed by atoms with Crippen LogP contribution in [0.3, 0.4) is 0 Å². The van der Waals surface area contributed by atoms with Gasteiger partial charge in [-0.05, 0) is 35.9 Å². The van der Waals surface area contributed by atoms with Crippen LogP contribution in [-0.4, -0.2) is 31.5 Å². The van der Waals surface area contributed by atoms with Crippen molar-refractivity contribution in [3.8, 4) is 5.75 Å². The Morgan fingerprint density at radius 3 is 2.48 bits per heavy atom. The van der Waals surface area contributed by atoms with Crippen molar-refractivity contribution in [1.82, 2.24) is 5.32 Å². The molecule has 0 atom stereocenters. The van der Waals surface area contributed by atoms with Crippen LogP contribution in [0.2, 0.25) is 0 Å². The molecule has 2 aromatic carbocycles. The van der Waals surface area contributed by atoms with Crippen LogP contribution >= 0.6 is 0 Å². The lowest BCUT2D eigenvalue weighted by Crippen LogP contribution is -2.34. The van der Waals surface area contributed by atoms with Crippen LogP contribution in [0.1, 0.15) is 21.5 Å². The number of para-hydroxylation sites is 1. The number of imide groups is 1. The topological polar surface area (TPSA) is 81.7 Å². The summed E-state index contributed by atoms with van der Waals surface area (Å²) >= 11 is 0. The van der Waals surface area contributed by atoms with Gasteiger partial charge in [-0.3, -0.25) is 14.9 Å². The Labute approximate surface area is 163 Å². The molecule has 0 fully saturated rings. The lowest BCUT2D eigenvalue weighted by Gasteiger charge is -2.08. The number of carbonyl (C=O) groups excluding carboxylic acids is 3. The molecule has 29 heavy (non-hydrogen) atoms. The number of nitrogens with one attached hydrogen (secondary N) is 1. The summed E-state index contributed by atoms with van der Waals surface area (Å²) < 4.78 is 47.7. The molecule has 9 heteroatoms. The molecule has 0 spiro atoms. The van der Waals surface area contributed by atoms with E-state index in [1.165, 1.54) is 31.4 Å². The van der Waals surface area contributed by atoms with Gasteiger partial charge < -0.3 is 9.47 Å². The first kappa shape index (κ1) is 21.7. The quantitative estimate of drug-likeness (QED) is 0.587. The van der Waals surface area contributed by atoms with Crippen molar-refractivity contribution in [3.63, 3.8) is 0 Å². The van der Waals surface area contributed by atoms with Gasteiger partial charge in [0.25, 0.3) is 11.8 Å². The van der Waals surface area contributed by atoms with Gasteiger partial charge in [-0.1, -0.05) is 24.3 Å². The summed E-state index contributed by atoms with van der Waals surface area (Å²) in [6, 6.07) is 10.6. The zero-order chi connectivity index (χ0) is 21.4. The molecule has 6 nitrogen and oxygen atoms in total. The lowest BCUT2D eigenvalue weighted by atomic mass is 10.1. The van der Waals surface area contributed by atoms with E-state index in [0.29, 0.717) is 0 Å². The van der Waals surface area contributed by atoms with E-state index in [4.69, 9.17) is 4.74 Å². The molecule has 0 saturated heterocycles. The van der Waals surface area contributed by atoms with E-state index in [2.05, 4.69) is 4.74 Å². The second kappa shape index (κ2) is 9.54. The predicted molar refractivity (Wildman–Crippen MR) is 96.9 cm³/mol. The highest BCUT2D eigenvalue weighted by atomic mass is 19.4. The van der Waals surface area contributed by atoms with Crippen LogP contribution in [-0.2, 0) is 20.5 Å². The molecule has 1 N–H and O–H groups in total. The SMILES string of the molecule is COc1ccccc1C(=O)NC(=O)COC(=O)C=Cc1cccc(C(F)(F)F)c1. The summed E-state index contributed by atoms with van der Waals surface area (Å²) in [6.07, 6.45) is -2.50. The zero-order valence-corrected chi connectivity index (χ0v) is 15.2. The fourth-order valence-electron chi connectivity index (χ4n) is 2.23. The van der Waals surface area contributed by atoms with E-state index in [1.54, 1.807) is 12.1 Å². The Morgan fingerprint density at radius 2 is 1.79 bits per heavy atom. The molecular formula is C20H16F3NO5. The van der Waals surface area contributed by atoms with Gasteiger partial charge >= 0.3 is 12.1 Å². The van der Waals surface area contributed by atoms with E-state index >= 15 is 0 Å². The maximum Gasteiger partial charge on any atom is 0.416 e. The number of hydrogen-bond donors (Lipinski definition) is 1. The molecule has 0 aromatic heterocycles. The Balaban J connectivity index is 1.88. The van der Waals surface area contributed by atoms with Crippen molar-refractivity contribution in [2.24, 2.45) is 0 Å². The second-order valence-electron chi connectivity index (χ2n) is 5.64. The molecule has 2 amide bonds. The molecule has 2 aromatic rings. The maximum absolute atomic E-state index is 12.7. The van der Waals surface area contributed by atoms with Gasteiger partial charge in [0.15, 0.2) is 6.61 Å². The summed E-state index contributed by atoms with van der Waals surface area (Å²) in [6.45, 7) is -0.743. The monoisotopic (exact) mass is 407 g/mol. The first-order chi connectivity index (χ1) is 13.7. The van der Waals surface area contributed by atoms with Crippen molar-refractivity contribution >= 4 is 23.9 Å². The van der Waals surface area contributed by atoms with Crippen LogP contribution in [0.15, 0.2) is 54.6 Å². The second-order valence-corrected chi connectivity index (χ2v) is 5.64. The number of methoxy groups -OCH3 is 1. The number of hydrogen-bond acceptors (Lipinski definition) is 5. The highest BCUT2D eigenvalue weighted by Gasteiger charge is 2.30. The first-order valence-electron chi connectivity index (χ1n) is 8.20. The molecule has 0 saturated carbocycles. The maximum atomic E-state index is 12.7. The van der Waals surface area contributed by atoms with Crippen LogP contribution in [0.4, 0.5) is 13.2 Å². The van der Waals surface area contributed by atoms with Crippen molar-refractivity contribution < 1.29 is 37.0 Å². The van der Waals surface area contributed by atoms with E-state index in [1.807, 2.05) is 5.32 Å². The normalized spacial score (nSPS) is 11.2. The molecule has 0 unspecified atom stereocenters. The minimum Gasteiger partial charge on any atom is -0.496 e. The third-order valence-corrected chi connectivity index (χ3v) is 3.58. The number of halogens is 3. The highest BCUT2D eigenvalue weighted by molar-refractivity contribution is 6.06. The number of esters is 1. The molecule has 0 radical (unpaired) electrons. The molecule has 0 heterocycles. The van der Waals surface area contributed by atoms with Crippen molar-refractivity contribution in [1.29, 1.82) is 0 Å². The summed E-state index contributed by atoms with van der Waals surface area (Å²) in [5.41, 5.74) is -0.603. The number of benzene rings is 2. The van der Waals surface area contributed by atoms with E-state index < -0.39 is 36.1 Å². The molecule has 0 aliphatic heterocycles. The Kier molecular flexibility index (Phi) is 7.13. The smallest absolute Gasteiger partial charge is 0.416 e. The molecular weight excluding hydrogens is 391 g/mol. The Hall–Kier alpha value is -3.62. The van der Waals surface area contributed by atoms with Crippen LogP contribution in [0.5, 0.6) is 5.75 Å². The van der Waals surface area contributed by atoms with Crippen LogP contribution < -0.4 is 10.1 Å². The highest BCUT2D eigenvalue weighted by Crippen LogP contribution is 2.29. The van der Waals surface area contributed by atoms with Crippen LogP contribution in [0.25, 0.3) is 6.08 Å². The average molecular weight is 407 g/mol. The van der Waals surface area contributed by atoms with Gasteiger partial charge in [0.05, 0.1) is 18.2 Å².